The van der Waals surface area contributed by atoms with Crippen molar-refractivity contribution in [2.75, 3.05) is 7.05 Å². The lowest BCUT2D eigenvalue weighted by molar-refractivity contribution is 0.306. The quantitative estimate of drug-likeness (QED) is 0.566. The Hall–Kier alpha value is -0.500. The Kier molecular flexibility index (Phi) is 1.76. The molecule has 0 aromatic heterocycles. The first-order valence-electron chi connectivity index (χ1n) is 3.42. The fourth-order valence-electron chi connectivity index (χ4n) is 1.000. The molecule has 0 aliphatic carbocycles. The van der Waals surface area contributed by atoms with Crippen LogP contribution in [0.1, 0.15) is 20.3 Å². The van der Waals surface area contributed by atoms with E-state index >= 15 is 0 Å². The Balaban J connectivity index is 2.52. The van der Waals surface area contributed by atoms with Crippen LogP contribution < -0.4 is 5.43 Å². The van der Waals surface area contributed by atoms with Gasteiger partial charge < -0.3 is 5.01 Å². The van der Waals surface area contributed by atoms with Gasteiger partial charge in [-0.2, -0.15) is 0 Å². The number of nitrogens with one attached hydrogen (secondary N) is 1. The molecule has 0 saturated heterocycles. The second kappa shape index (κ2) is 2.40. The van der Waals surface area contributed by atoms with Crippen LogP contribution >= 0.6 is 0 Å². The van der Waals surface area contributed by atoms with Gasteiger partial charge in [-0.1, -0.05) is 6.92 Å². The van der Waals surface area contributed by atoms with Crippen LogP contribution in [0.5, 0.6) is 0 Å². The Labute approximate surface area is 56.5 Å². The van der Waals surface area contributed by atoms with Crippen LogP contribution in [0.4, 0.5) is 0 Å². The third-order valence-corrected chi connectivity index (χ3v) is 1.77. The molecule has 0 amide bonds. The molecule has 1 N–H and O–H groups in total. The molecule has 2 nitrogen and oxygen atoms in total. The van der Waals surface area contributed by atoms with Crippen molar-refractivity contribution in [2.24, 2.45) is 0 Å². The van der Waals surface area contributed by atoms with E-state index in [9.17, 15) is 0 Å². The Morgan fingerprint density at radius 1 is 1.78 bits per heavy atom. The highest BCUT2D eigenvalue weighted by molar-refractivity contribution is 5.07. The molecule has 0 aromatic rings. The Morgan fingerprint density at radius 2 is 2.44 bits per heavy atom. The van der Waals surface area contributed by atoms with E-state index in [2.05, 4.69) is 30.4 Å². The zero-order chi connectivity index (χ0) is 6.85. The van der Waals surface area contributed by atoms with Crippen LogP contribution in [0.15, 0.2) is 11.8 Å². The number of hydrogen-bond acceptors (Lipinski definition) is 2. The third-order valence-electron chi connectivity index (χ3n) is 1.77. The summed E-state index contributed by atoms with van der Waals surface area (Å²) in [6.07, 6.45) is 3.42. The van der Waals surface area contributed by atoms with E-state index in [0.717, 1.165) is 0 Å². The summed E-state index contributed by atoms with van der Waals surface area (Å²) in [4.78, 5) is 0. The first-order valence-corrected chi connectivity index (χ1v) is 3.42. The van der Waals surface area contributed by atoms with Crippen molar-refractivity contribution >= 4 is 0 Å². The topological polar surface area (TPSA) is 15.3 Å². The lowest BCUT2D eigenvalue weighted by atomic mass is 10.2. The van der Waals surface area contributed by atoms with Gasteiger partial charge in [0.2, 0.25) is 0 Å². The van der Waals surface area contributed by atoms with Gasteiger partial charge in [-0.3, -0.25) is 0 Å². The van der Waals surface area contributed by atoms with Crippen molar-refractivity contribution < 1.29 is 0 Å². The van der Waals surface area contributed by atoms with Crippen molar-refractivity contribution in [2.45, 2.75) is 26.3 Å². The van der Waals surface area contributed by atoms with Crippen molar-refractivity contribution in [1.29, 1.82) is 0 Å². The summed E-state index contributed by atoms with van der Waals surface area (Å²) in [5, 5.41) is 2.06. The summed E-state index contributed by atoms with van der Waals surface area (Å²) in [6, 6.07) is 0.565. The SMILES string of the molecule is CCC1C=C(C)N(C)N1. The summed E-state index contributed by atoms with van der Waals surface area (Å²) >= 11 is 0. The van der Waals surface area contributed by atoms with E-state index in [1.807, 2.05) is 7.05 Å². The molecule has 1 unspecified atom stereocenters. The minimum atomic E-state index is 0.565. The summed E-state index contributed by atoms with van der Waals surface area (Å²) in [7, 11) is 2.04. The van der Waals surface area contributed by atoms with E-state index < -0.39 is 0 Å². The average Bonchev–Trinajstić information content (AvgIpc) is 2.13. The van der Waals surface area contributed by atoms with Crippen LogP contribution in [0.3, 0.4) is 0 Å². The summed E-state index contributed by atoms with van der Waals surface area (Å²) in [5.41, 5.74) is 4.62. The lowest BCUT2D eigenvalue weighted by Crippen LogP contribution is -2.32. The number of allylic oxidation sites excluding steroid dienone is 1. The molecular weight excluding hydrogens is 112 g/mol. The van der Waals surface area contributed by atoms with E-state index in [4.69, 9.17) is 0 Å². The molecule has 0 fully saturated rings. The second-order valence-corrected chi connectivity index (χ2v) is 2.51. The monoisotopic (exact) mass is 126 g/mol. The fraction of sp³-hybridized carbons (Fsp3) is 0.714. The molecule has 1 aliphatic heterocycles. The van der Waals surface area contributed by atoms with Gasteiger partial charge in [0.1, 0.15) is 0 Å². The highest BCUT2D eigenvalue weighted by atomic mass is 15.5. The number of hydrazine groups is 1. The molecule has 1 rings (SSSR count). The van der Waals surface area contributed by atoms with Crippen LogP contribution in [-0.2, 0) is 0 Å². The van der Waals surface area contributed by atoms with Gasteiger partial charge in [0, 0.05) is 18.8 Å². The van der Waals surface area contributed by atoms with Crippen LogP contribution in [0.2, 0.25) is 0 Å². The zero-order valence-electron chi connectivity index (χ0n) is 6.31. The molecule has 0 bridgehead atoms. The molecular formula is C7H14N2. The normalized spacial score (nSPS) is 26.8. The minimum Gasteiger partial charge on any atom is -0.316 e. The van der Waals surface area contributed by atoms with Gasteiger partial charge in [-0.15, -0.1) is 0 Å². The summed E-state index contributed by atoms with van der Waals surface area (Å²) in [6.45, 7) is 4.29. The second-order valence-electron chi connectivity index (χ2n) is 2.51. The summed E-state index contributed by atoms with van der Waals surface area (Å²) < 4.78 is 0. The standard InChI is InChI=1S/C7H14N2/c1-4-7-5-6(2)9(3)8-7/h5,7-8H,4H2,1-3H3. The highest BCUT2D eigenvalue weighted by Crippen LogP contribution is 2.09. The maximum Gasteiger partial charge on any atom is 0.0459 e. The van der Waals surface area contributed by atoms with Gasteiger partial charge in [0.25, 0.3) is 0 Å². The Bertz CT molecular complexity index is 129. The van der Waals surface area contributed by atoms with E-state index in [1.165, 1.54) is 12.1 Å². The van der Waals surface area contributed by atoms with Gasteiger partial charge in [0.15, 0.2) is 0 Å². The first kappa shape index (κ1) is 6.62. The predicted octanol–water partition coefficient (Wildman–Crippen LogP) is 1.12. The molecule has 52 valence electrons. The van der Waals surface area contributed by atoms with Crippen LogP contribution in [0, 0.1) is 0 Å². The molecule has 9 heavy (non-hydrogen) atoms. The van der Waals surface area contributed by atoms with Gasteiger partial charge in [-0.25, -0.2) is 5.43 Å². The first-order chi connectivity index (χ1) is 4.24. The van der Waals surface area contributed by atoms with Gasteiger partial charge >= 0.3 is 0 Å². The average molecular weight is 126 g/mol. The van der Waals surface area contributed by atoms with Gasteiger partial charge in [0.05, 0.1) is 0 Å². The van der Waals surface area contributed by atoms with E-state index in [-0.39, 0.29) is 0 Å². The Morgan fingerprint density at radius 3 is 2.67 bits per heavy atom. The number of rotatable bonds is 1. The number of nitrogens with zero attached hydrogens (tertiary/aromatic N) is 1. The largest absolute Gasteiger partial charge is 0.316 e. The molecule has 1 atom stereocenters. The maximum atomic E-state index is 3.29. The fourth-order valence-corrected chi connectivity index (χ4v) is 1.000. The molecule has 1 heterocycles. The molecule has 2 heteroatoms. The smallest absolute Gasteiger partial charge is 0.0459 e. The number of hydrogen-bond donors (Lipinski definition) is 1. The molecule has 0 radical (unpaired) electrons. The maximum absolute atomic E-state index is 3.29. The predicted molar refractivity (Wildman–Crippen MR) is 38.7 cm³/mol. The molecule has 1 aliphatic rings. The highest BCUT2D eigenvalue weighted by Gasteiger charge is 2.13. The van der Waals surface area contributed by atoms with Crippen LogP contribution in [0.25, 0.3) is 0 Å². The van der Waals surface area contributed by atoms with Crippen molar-refractivity contribution in [3.05, 3.63) is 11.8 Å². The molecule has 0 spiro atoms. The third kappa shape index (κ3) is 1.24. The summed E-state index contributed by atoms with van der Waals surface area (Å²) in [5.74, 6) is 0. The van der Waals surface area contributed by atoms with Crippen molar-refractivity contribution in [3.8, 4) is 0 Å². The minimum absolute atomic E-state index is 0.565. The molecule has 0 saturated carbocycles. The lowest BCUT2D eigenvalue weighted by Gasteiger charge is -2.15. The van der Waals surface area contributed by atoms with Crippen molar-refractivity contribution in [1.82, 2.24) is 10.4 Å². The van der Waals surface area contributed by atoms with Crippen LogP contribution in [-0.4, -0.2) is 18.1 Å². The van der Waals surface area contributed by atoms with Gasteiger partial charge in [-0.05, 0) is 19.4 Å². The molecule has 0 aromatic carbocycles. The zero-order valence-corrected chi connectivity index (χ0v) is 6.31. The van der Waals surface area contributed by atoms with Crippen molar-refractivity contribution in [3.63, 3.8) is 0 Å². The van der Waals surface area contributed by atoms with E-state index in [1.54, 1.807) is 0 Å². The van der Waals surface area contributed by atoms with E-state index in [0.29, 0.717) is 6.04 Å².